The molecule has 4 nitrogen and oxygen atoms in total. The van der Waals surface area contributed by atoms with Crippen molar-refractivity contribution in [3.05, 3.63) is 0 Å². The Morgan fingerprint density at radius 2 is 2.06 bits per heavy atom. The summed E-state index contributed by atoms with van der Waals surface area (Å²) in [5, 5.41) is 0. The van der Waals surface area contributed by atoms with Crippen LogP contribution in [0.25, 0.3) is 0 Å². The molecule has 0 bridgehead atoms. The molecule has 1 amide bonds. The highest BCUT2D eigenvalue weighted by molar-refractivity contribution is 5.81. The van der Waals surface area contributed by atoms with Crippen LogP contribution in [0.3, 0.4) is 0 Å². The fraction of sp³-hybridized carbons (Fsp3) is 0.750. The Kier molecular flexibility index (Phi) is 5.30. The standard InChI is InChI=1S/C12H21N3O/c1-3-5-11(13)12(16)15-9-7-14(6-4-2)8-10-15/h2,11H,3,5-10,13H2,1H3. The van der Waals surface area contributed by atoms with Crippen molar-refractivity contribution in [3.8, 4) is 12.3 Å². The lowest BCUT2D eigenvalue weighted by Gasteiger charge is -2.34. The second-order valence-electron chi connectivity index (χ2n) is 4.20. The van der Waals surface area contributed by atoms with Gasteiger partial charge in [-0.3, -0.25) is 9.69 Å². The van der Waals surface area contributed by atoms with E-state index in [0.717, 1.165) is 39.0 Å². The van der Waals surface area contributed by atoms with E-state index in [0.29, 0.717) is 6.54 Å². The first-order chi connectivity index (χ1) is 7.69. The summed E-state index contributed by atoms with van der Waals surface area (Å²) in [5.74, 6) is 2.71. The molecule has 2 N–H and O–H groups in total. The summed E-state index contributed by atoms with van der Waals surface area (Å²) in [6.07, 6.45) is 6.97. The van der Waals surface area contributed by atoms with Gasteiger partial charge in [-0.25, -0.2) is 0 Å². The monoisotopic (exact) mass is 223 g/mol. The van der Waals surface area contributed by atoms with E-state index in [2.05, 4.69) is 10.8 Å². The summed E-state index contributed by atoms with van der Waals surface area (Å²) in [6.45, 7) is 5.92. The zero-order valence-corrected chi connectivity index (χ0v) is 9.98. The Balaban J connectivity index is 2.36. The minimum absolute atomic E-state index is 0.0854. The third kappa shape index (κ3) is 3.51. The van der Waals surface area contributed by atoms with Gasteiger partial charge >= 0.3 is 0 Å². The van der Waals surface area contributed by atoms with Crippen LogP contribution in [0.4, 0.5) is 0 Å². The molecule has 1 aliphatic rings. The molecule has 1 rings (SSSR count). The van der Waals surface area contributed by atoms with Crippen molar-refractivity contribution < 1.29 is 4.79 Å². The lowest BCUT2D eigenvalue weighted by Crippen LogP contribution is -2.53. The smallest absolute Gasteiger partial charge is 0.239 e. The third-order valence-corrected chi connectivity index (χ3v) is 2.92. The highest BCUT2D eigenvalue weighted by Gasteiger charge is 2.24. The van der Waals surface area contributed by atoms with E-state index in [9.17, 15) is 4.79 Å². The molecule has 1 saturated heterocycles. The van der Waals surface area contributed by atoms with E-state index >= 15 is 0 Å². The van der Waals surface area contributed by atoms with Gasteiger partial charge in [0.1, 0.15) is 0 Å². The second-order valence-corrected chi connectivity index (χ2v) is 4.20. The number of carbonyl (C=O) groups excluding carboxylic acids is 1. The molecule has 0 aromatic rings. The molecule has 1 fully saturated rings. The quantitative estimate of drug-likeness (QED) is 0.677. The highest BCUT2D eigenvalue weighted by atomic mass is 16.2. The highest BCUT2D eigenvalue weighted by Crippen LogP contribution is 2.05. The predicted molar refractivity (Wildman–Crippen MR) is 64.7 cm³/mol. The average Bonchev–Trinajstić information content (AvgIpc) is 2.30. The molecule has 0 aromatic carbocycles. The molecule has 1 heterocycles. The molecule has 1 aliphatic heterocycles. The minimum atomic E-state index is -0.329. The third-order valence-electron chi connectivity index (χ3n) is 2.92. The molecular formula is C12H21N3O. The van der Waals surface area contributed by atoms with Gasteiger partial charge in [-0.05, 0) is 6.42 Å². The zero-order valence-electron chi connectivity index (χ0n) is 9.98. The molecule has 1 unspecified atom stereocenters. The van der Waals surface area contributed by atoms with Crippen LogP contribution in [0.1, 0.15) is 19.8 Å². The Labute approximate surface area is 97.8 Å². The molecular weight excluding hydrogens is 202 g/mol. The minimum Gasteiger partial charge on any atom is -0.339 e. The van der Waals surface area contributed by atoms with Crippen LogP contribution in [0, 0.1) is 12.3 Å². The molecule has 90 valence electrons. The molecule has 4 heteroatoms. The molecule has 0 spiro atoms. The number of rotatable bonds is 4. The summed E-state index contributed by atoms with van der Waals surface area (Å²) >= 11 is 0. The fourth-order valence-electron chi connectivity index (χ4n) is 1.92. The maximum Gasteiger partial charge on any atom is 0.239 e. The summed E-state index contributed by atoms with van der Waals surface area (Å²) in [7, 11) is 0. The normalized spacial score (nSPS) is 19.2. The van der Waals surface area contributed by atoms with Gasteiger partial charge < -0.3 is 10.6 Å². The van der Waals surface area contributed by atoms with Gasteiger partial charge in [0.25, 0.3) is 0 Å². The fourth-order valence-corrected chi connectivity index (χ4v) is 1.92. The SMILES string of the molecule is C#CCN1CCN(C(=O)C(N)CCC)CC1. The lowest BCUT2D eigenvalue weighted by molar-refractivity contribution is -0.134. The Morgan fingerprint density at radius 1 is 1.44 bits per heavy atom. The largest absolute Gasteiger partial charge is 0.339 e. The Hall–Kier alpha value is -1.05. The van der Waals surface area contributed by atoms with Gasteiger partial charge in [0.2, 0.25) is 5.91 Å². The van der Waals surface area contributed by atoms with Crippen LogP contribution in [0.15, 0.2) is 0 Å². The molecule has 0 radical (unpaired) electrons. The number of nitrogens with zero attached hydrogens (tertiary/aromatic N) is 2. The molecule has 0 aromatic heterocycles. The predicted octanol–water partition coefficient (Wildman–Crippen LogP) is -0.109. The topological polar surface area (TPSA) is 49.6 Å². The van der Waals surface area contributed by atoms with Crippen LogP contribution >= 0.6 is 0 Å². The van der Waals surface area contributed by atoms with Gasteiger partial charge in [-0.2, -0.15) is 0 Å². The van der Waals surface area contributed by atoms with Crippen molar-refractivity contribution in [1.82, 2.24) is 9.80 Å². The van der Waals surface area contributed by atoms with Gasteiger partial charge in [-0.15, -0.1) is 6.42 Å². The van der Waals surface area contributed by atoms with Crippen LogP contribution < -0.4 is 5.73 Å². The Bertz CT molecular complexity index is 264. The van der Waals surface area contributed by atoms with Gasteiger partial charge in [0.05, 0.1) is 12.6 Å². The van der Waals surface area contributed by atoms with E-state index in [1.54, 1.807) is 0 Å². The van der Waals surface area contributed by atoms with E-state index in [1.165, 1.54) is 0 Å². The van der Waals surface area contributed by atoms with Crippen molar-refractivity contribution in [2.45, 2.75) is 25.8 Å². The van der Waals surface area contributed by atoms with E-state index in [4.69, 9.17) is 12.2 Å². The average molecular weight is 223 g/mol. The van der Waals surface area contributed by atoms with Gasteiger partial charge in [-0.1, -0.05) is 19.3 Å². The number of piperazine rings is 1. The number of amides is 1. The number of carbonyl (C=O) groups is 1. The molecule has 0 aliphatic carbocycles. The van der Waals surface area contributed by atoms with E-state index < -0.39 is 0 Å². The molecule has 1 atom stereocenters. The number of hydrogen-bond acceptors (Lipinski definition) is 3. The van der Waals surface area contributed by atoms with Crippen LogP contribution in [0.5, 0.6) is 0 Å². The first kappa shape index (κ1) is 13.0. The van der Waals surface area contributed by atoms with Crippen molar-refractivity contribution in [3.63, 3.8) is 0 Å². The molecule has 0 saturated carbocycles. The van der Waals surface area contributed by atoms with Crippen molar-refractivity contribution >= 4 is 5.91 Å². The van der Waals surface area contributed by atoms with E-state index in [1.807, 2.05) is 11.8 Å². The maximum absolute atomic E-state index is 11.9. The maximum atomic E-state index is 11.9. The number of hydrogen-bond donors (Lipinski definition) is 1. The van der Waals surface area contributed by atoms with Crippen LogP contribution in [-0.2, 0) is 4.79 Å². The lowest BCUT2D eigenvalue weighted by atomic mass is 10.1. The molecule has 16 heavy (non-hydrogen) atoms. The number of nitrogens with two attached hydrogens (primary N) is 1. The summed E-state index contributed by atoms with van der Waals surface area (Å²) < 4.78 is 0. The van der Waals surface area contributed by atoms with Crippen molar-refractivity contribution in [2.24, 2.45) is 5.73 Å². The second kappa shape index (κ2) is 6.51. The summed E-state index contributed by atoms with van der Waals surface area (Å²) in [6, 6.07) is -0.329. The first-order valence-electron chi connectivity index (χ1n) is 5.89. The van der Waals surface area contributed by atoms with Gasteiger partial charge in [0, 0.05) is 26.2 Å². The van der Waals surface area contributed by atoms with Crippen LogP contribution in [-0.4, -0.2) is 54.5 Å². The number of terminal acetylenes is 1. The van der Waals surface area contributed by atoms with E-state index in [-0.39, 0.29) is 11.9 Å². The Morgan fingerprint density at radius 3 is 2.56 bits per heavy atom. The van der Waals surface area contributed by atoms with Gasteiger partial charge in [0.15, 0.2) is 0 Å². The van der Waals surface area contributed by atoms with Crippen LogP contribution in [0.2, 0.25) is 0 Å². The van der Waals surface area contributed by atoms with Crippen molar-refractivity contribution in [1.29, 1.82) is 0 Å². The first-order valence-corrected chi connectivity index (χ1v) is 5.89. The summed E-state index contributed by atoms with van der Waals surface area (Å²) in [4.78, 5) is 15.9. The zero-order chi connectivity index (χ0) is 12.0. The van der Waals surface area contributed by atoms with Crippen molar-refractivity contribution in [2.75, 3.05) is 32.7 Å². The summed E-state index contributed by atoms with van der Waals surface area (Å²) in [5.41, 5.74) is 5.81.